The predicted octanol–water partition coefficient (Wildman–Crippen LogP) is 3.54. The summed E-state index contributed by atoms with van der Waals surface area (Å²) in [6.07, 6.45) is -0.195. The number of morpholine rings is 1. The van der Waals surface area contributed by atoms with Crippen LogP contribution in [0.2, 0.25) is 10.0 Å². The van der Waals surface area contributed by atoms with Crippen molar-refractivity contribution in [1.82, 2.24) is 15.3 Å². The van der Waals surface area contributed by atoms with Crippen LogP contribution in [0.1, 0.15) is 11.7 Å². The normalized spacial score (nSPS) is 15.9. The third kappa shape index (κ3) is 4.45. The zero-order valence-electron chi connectivity index (χ0n) is 18.1. The highest BCUT2D eigenvalue weighted by Gasteiger charge is 2.24. The molecule has 1 unspecified atom stereocenters. The van der Waals surface area contributed by atoms with E-state index in [9.17, 15) is 0 Å². The Morgan fingerprint density at radius 1 is 0.970 bits per heavy atom. The monoisotopic (exact) mass is 490 g/mol. The molecule has 0 spiro atoms. The van der Waals surface area contributed by atoms with Gasteiger partial charge in [-0.05, 0) is 18.2 Å². The highest BCUT2D eigenvalue weighted by atomic mass is 35.5. The Morgan fingerprint density at radius 2 is 1.70 bits per heavy atom. The molecule has 1 aliphatic rings. The fourth-order valence-electron chi connectivity index (χ4n) is 3.66. The number of methoxy groups -OCH3 is 2. The molecule has 0 aliphatic carbocycles. The fraction of sp³-hybridized carbons (Fsp3) is 0.273. The van der Waals surface area contributed by atoms with Gasteiger partial charge in [0.05, 0.1) is 43.2 Å². The molecule has 1 aromatic heterocycles. The average Bonchev–Trinajstić information content (AvgIpc) is 2.82. The Labute approximate surface area is 201 Å². The van der Waals surface area contributed by atoms with Crippen LogP contribution in [0.4, 0.5) is 17.2 Å². The van der Waals surface area contributed by atoms with Crippen molar-refractivity contribution in [1.29, 1.82) is 0 Å². The van der Waals surface area contributed by atoms with E-state index in [1.165, 1.54) is 7.11 Å². The van der Waals surface area contributed by atoms with Crippen LogP contribution in [0.15, 0.2) is 24.3 Å². The van der Waals surface area contributed by atoms with E-state index in [1.54, 1.807) is 25.3 Å². The maximum atomic E-state index is 6.65. The smallest absolute Gasteiger partial charge is 0.166 e. The third-order valence-electron chi connectivity index (χ3n) is 5.38. The van der Waals surface area contributed by atoms with Crippen molar-refractivity contribution in [2.75, 3.05) is 51.1 Å². The first-order chi connectivity index (χ1) is 15.8. The second-order valence-corrected chi connectivity index (χ2v) is 8.22. The number of halogens is 2. The summed E-state index contributed by atoms with van der Waals surface area (Å²) in [7, 11) is 3.07. The van der Waals surface area contributed by atoms with Crippen molar-refractivity contribution in [2.45, 2.75) is 6.10 Å². The number of nitrogens with two attached hydrogens (primary N) is 3. The van der Waals surface area contributed by atoms with Crippen molar-refractivity contribution in [3.63, 3.8) is 0 Å². The van der Waals surface area contributed by atoms with E-state index in [-0.39, 0.29) is 23.4 Å². The van der Waals surface area contributed by atoms with Crippen molar-refractivity contribution in [3.8, 4) is 34.1 Å². The summed E-state index contributed by atoms with van der Waals surface area (Å²) < 4.78 is 16.9. The van der Waals surface area contributed by atoms with Gasteiger partial charge in [0.1, 0.15) is 22.9 Å². The molecule has 1 aliphatic heterocycles. The van der Waals surface area contributed by atoms with E-state index in [2.05, 4.69) is 15.3 Å². The molecule has 1 fully saturated rings. The molecule has 9 nitrogen and oxygen atoms in total. The Morgan fingerprint density at radius 3 is 2.36 bits per heavy atom. The zero-order valence-corrected chi connectivity index (χ0v) is 19.6. The number of rotatable bonds is 5. The van der Waals surface area contributed by atoms with Crippen LogP contribution >= 0.6 is 23.2 Å². The number of anilines is 3. The SMILES string of the molecule is COc1cc(Cl)c(N)cc1-c1nc(N)c(N)c(-c2cc(Cl)c(C3CNCCO3)cc2OC)n1. The first-order valence-electron chi connectivity index (χ1n) is 10.1. The van der Waals surface area contributed by atoms with E-state index in [0.29, 0.717) is 57.2 Å². The van der Waals surface area contributed by atoms with Crippen molar-refractivity contribution < 1.29 is 14.2 Å². The number of nitrogens with zero attached hydrogens (tertiary/aromatic N) is 2. The van der Waals surface area contributed by atoms with E-state index in [0.717, 1.165) is 12.1 Å². The van der Waals surface area contributed by atoms with Gasteiger partial charge in [-0.2, -0.15) is 0 Å². The highest BCUT2D eigenvalue weighted by Crippen LogP contribution is 2.42. The van der Waals surface area contributed by atoms with Gasteiger partial charge in [-0.25, -0.2) is 9.97 Å². The molecule has 0 saturated carbocycles. The number of aromatic nitrogens is 2. The predicted molar refractivity (Wildman–Crippen MR) is 131 cm³/mol. The molecule has 2 aromatic carbocycles. The van der Waals surface area contributed by atoms with Gasteiger partial charge in [-0.3, -0.25) is 0 Å². The number of nitrogens with one attached hydrogen (secondary N) is 1. The van der Waals surface area contributed by atoms with Crippen LogP contribution in [0.3, 0.4) is 0 Å². The fourth-order valence-corrected chi connectivity index (χ4v) is 4.10. The molecule has 1 saturated heterocycles. The molecule has 2 heterocycles. The summed E-state index contributed by atoms with van der Waals surface area (Å²) >= 11 is 12.8. The van der Waals surface area contributed by atoms with Crippen LogP contribution in [0.25, 0.3) is 22.6 Å². The molecule has 0 radical (unpaired) electrons. The molecule has 4 rings (SSSR count). The van der Waals surface area contributed by atoms with Gasteiger partial charge in [0, 0.05) is 35.3 Å². The zero-order chi connectivity index (χ0) is 23.7. The van der Waals surface area contributed by atoms with Gasteiger partial charge in [0.2, 0.25) is 0 Å². The summed E-state index contributed by atoms with van der Waals surface area (Å²) in [5.41, 5.74) is 21.2. The van der Waals surface area contributed by atoms with Gasteiger partial charge < -0.3 is 36.7 Å². The quantitative estimate of drug-likeness (QED) is 0.394. The lowest BCUT2D eigenvalue weighted by Gasteiger charge is -2.25. The third-order valence-corrected chi connectivity index (χ3v) is 6.04. The van der Waals surface area contributed by atoms with Crippen molar-refractivity contribution in [3.05, 3.63) is 39.9 Å². The average molecular weight is 491 g/mol. The molecule has 3 aromatic rings. The Bertz CT molecular complexity index is 1200. The lowest BCUT2D eigenvalue weighted by Crippen LogP contribution is -2.33. The topological polar surface area (TPSA) is 144 Å². The summed E-state index contributed by atoms with van der Waals surface area (Å²) in [5.74, 6) is 1.31. The summed E-state index contributed by atoms with van der Waals surface area (Å²) in [4.78, 5) is 9.01. The maximum Gasteiger partial charge on any atom is 0.166 e. The number of nitrogen functional groups attached to an aromatic ring is 3. The van der Waals surface area contributed by atoms with E-state index < -0.39 is 0 Å². The first-order valence-corrected chi connectivity index (χ1v) is 10.9. The molecule has 11 heteroatoms. The Balaban J connectivity index is 1.87. The van der Waals surface area contributed by atoms with Crippen LogP contribution in [-0.2, 0) is 4.74 Å². The largest absolute Gasteiger partial charge is 0.496 e. The van der Waals surface area contributed by atoms with Crippen LogP contribution in [0, 0.1) is 0 Å². The summed E-state index contributed by atoms with van der Waals surface area (Å²) in [5, 5.41) is 4.13. The standard InChI is InChI=1S/C22H24Cl2N6O3/c1-31-16-7-10(18-9-28-3-4-33-18)13(23)5-11(16)20-19(26)21(27)30-22(29-20)12-6-15(25)14(24)8-17(12)32-2/h5-8,18,28H,3-4,9,25-26H2,1-2H3,(H2,27,29,30). The lowest BCUT2D eigenvalue weighted by atomic mass is 10.0. The van der Waals surface area contributed by atoms with Crippen molar-refractivity contribution in [2.24, 2.45) is 0 Å². The molecule has 0 amide bonds. The summed E-state index contributed by atoms with van der Waals surface area (Å²) in [6, 6.07) is 6.78. The molecular weight excluding hydrogens is 467 g/mol. The molecule has 1 atom stereocenters. The second kappa shape index (κ2) is 9.48. The van der Waals surface area contributed by atoms with Gasteiger partial charge in [0.15, 0.2) is 11.6 Å². The molecule has 7 N–H and O–H groups in total. The molecule has 33 heavy (non-hydrogen) atoms. The number of hydrogen-bond acceptors (Lipinski definition) is 9. The van der Waals surface area contributed by atoms with Crippen LogP contribution in [0.5, 0.6) is 11.5 Å². The first kappa shape index (κ1) is 23.2. The van der Waals surface area contributed by atoms with Crippen LogP contribution in [-0.4, -0.2) is 43.9 Å². The van der Waals surface area contributed by atoms with Gasteiger partial charge >= 0.3 is 0 Å². The van der Waals surface area contributed by atoms with E-state index in [1.807, 2.05) is 6.07 Å². The van der Waals surface area contributed by atoms with Gasteiger partial charge in [-0.1, -0.05) is 23.2 Å². The minimum absolute atomic E-state index is 0.0904. The maximum absolute atomic E-state index is 6.65. The lowest BCUT2D eigenvalue weighted by molar-refractivity contribution is 0.0276. The number of ether oxygens (including phenoxy) is 3. The Hall–Kier alpha value is -2.98. The van der Waals surface area contributed by atoms with Gasteiger partial charge in [0.25, 0.3) is 0 Å². The van der Waals surface area contributed by atoms with Crippen LogP contribution < -0.4 is 32.0 Å². The van der Waals surface area contributed by atoms with E-state index in [4.69, 9.17) is 54.6 Å². The highest BCUT2D eigenvalue weighted by molar-refractivity contribution is 6.33. The number of hydrogen-bond donors (Lipinski definition) is 4. The van der Waals surface area contributed by atoms with Gasteiger partial charge in [-0.15, -0.1) is 0 Å². The minimum Gasteiger partial charge on any atom is -0.496 e. The molecular formula is C22H24Cl2N6O3. The summed E-state index contributed by atoms with van der Waals surface area (Å²) in [6.45, 7) is 2.03. The van der Waals surface area contributed by atoms with E-state index >= 15 is 0 Å². The van der Waals surface area contributed by atoms with Crippen molar-refractivity contribution >= 4 is 40.4 Å². The Kier molecular flexibility index (Phi) is 6.66. The second-order valence-electron chi connectivity index (χ2n) is 7.41. The number of benzene rings is 2. The molecule has 174 valence electrons. The minimum atomic E-state index is -0.195. The molecule has 0 bridgehead atoms.